The summed E-state index contributed by atoms with van der Waals surface area (Å²) in [5.74, 6) is -1.32. The quantitative estimate of drug-likeness (QED) is 0.744. The van der Waals surface area contributed by atoms with Crippen LogP contribution >= 0.6 is 23.2 Å². The molecule has 6 heteroatoms. The first-order chi connectivity index (χ1) is 11.0. The number of nitrogens with one attached hydrogen (secondary N) is 1. The summed E-state index contributed by atoms with van der Waals surface area (Å²) in [4.78, 5) is 23.5. The lowest BCUT2D eigenvalue weighted by Crippen LogP contribution is -2.38. The van der Waals surface area contributed by atoms with Crippen molar-refractivity contribution in [2.75, 3.05) is 0 Å². The summed E-state index contributed by atoms with van der Waals surface area (Å²) in [6, 6.07) is 12.5. The van der Waals surface area contributed by atoms with Gasteiger partial charge in [0.2, 0.25) is 0 Å². The van der Waals surface area contributed by atoms with Crippen molar-refractivity contribution in [3.63, 3.8) is 0 Å². The van der Waals surface area contributed by atoms with E-state index in [1.165, 1.54) is 0 Å². The second-order valence-electron chi connectivity index (χ2n) is 5.03. The molecule has 0 aliphatic heterocycles. The number of halogens is 2. The van der Waals surface area contributed by atoms with Crippen LogP contribution in [0.15, 0.2) is 48.5 Å². The van der Waals surface area contributed by atoms with E-state index >= 15 is 0 Å². The average Bonchev–Trinajstić information content (AvgIpc) is 2.53. The topological polar surface area (TPSA) is 66.4 Å². The van der Waals surface area contributed by atoms with E-state index in [1.54, 1.807) is 48.5 Å². The van der Waals surface area contributed by atoms with Gasteiger partial charge in [0, 0.05) is 28.6 Å². The number of carboxylic acid groups (broad SMARTS) is 1. The zero-order valence-corrected chi connectivity index (χ0v) is 13.6. The van der Waals surface area contributed by atoms with E-state index in [2.05, 4.69) is 5.32 Å². The third kappa shape index (κ3) is 5.36. The van der Waals surface area contributed by atoms with E-state index in [1.807, 2.05) is 0 Å². The SMILES string of the molecule is O=C(CC(NCc1ccc(Cl)cc1)C(=O)O)c1ccc(Cl)cc1. The third-order valence-corrected chi connectivity index (χ3v) is 3.82. The molecule has 120 valence electrons. The minimum atomic E-state index is -1.07. The molecule has 0 aliphatic carbocycles. The third-order valence-electron chi connectivity index (χ3n) is 3.32. The largest absolute Gasteiger partial charge is 0.480 e. The summed E-state index contributed by atoms with van der Waals surface area (Å²) < 4.78 is 0. The Balaban J connectivity index is 1.98. The summed E-state index contributed by atoms with van der Waals surface area (Å²) in [6.07, 6.45) is -0.134. The molecule has 1 atom stereocenters. The van der Waals surface area contributed by atoms with Gasteiger partial charge in [-0.25, -0.2) is 0 Å². The molecule has 0 spiro atoms. The van der Waals surface area contributed by atoms with Crippen LogP contribution in [0.4, 0.5) is 0 Å². The van der Waals surface area contributed by atoms with Crippen LogP contribution in [-0.4, -0.2) is 22.9 Å². The molecule has 0 fully saturated rings. The van der Waals surface area contributed by atoms with Crippen molar-refractivity contribution in [2.45, 2.75) is 19.0 Å². The lowest BCUT2D eigenvalue weighted by Gasteiger charge is -2.14. The van der Waals surface area contributed by atoms with Gasteiger partial charge in [-0.3, -0.25) is 14.9 Å². The number of carbonyl (C=O) groups excluding carboxylic acids is 1. The fourth-order valence-electron chi connectivity index (χ4n) is 2.03. The number of carbonyl (C=O) groups is 2. The molecule has 0 heterocycles. The molecule has 0 aliphatic rings. The monoisotopic (exact) mass is 351 g/mol. The van der Waals surface area contributed by atoms with Crippen LogP contribution in [0.1, 0.15) is 22.3 Å². The summed E-state index contributed by atoms with van der Waals surface area (Å²) in [6.45, 7) is 0.335. The molecule has 0 bridgehead atoms. The second kappa shape index (κ2) is 8.11. The van der Waals surface area contributed by atoms with Crippen molar-refractivity contribution in [2.24, 2.45) is 0 Å². The molecule has 2 rings (SSSR count). The van der Waals surface area contributed by atoms with Gasteiger partial charge in [-0.2, -0.15) is 0 Å². The maximum Gasteiger partial charge on any atom is 0.321 e. The van der Waals surface area contributed by atoms with Crippen LogP contribution in [0, 0.1) is 0 Å². The predicted octanol–water partition coefficient (Wildman–Crippen LogP) is 3.81. The lowest BCUT2D eigenvalue weighted by atomic mass is 10.0. The first-order valence-electron chi connectivity index (χ1n) is 6.95. The van der Waals surface area contributed by atoms with Crippen molar-refractivity contribution < 1.29 is 14.7 Å². The molecular formula is C17H15Cl2NO3. The summed E-state index contributed by atoms with van der Waals surface area (Å²) in [7, 11) is 0. The van der Waals surface area contributed by atoms with Crippen LogP contribution in [0.2, 0.25) is 10.0 Å². The predicted molar refractivity (Wildman–Crippen MR) is 90.1 cm³/mol. The van der Waals surface area contributed by atoms with Crippen molar-refractivity contribution >= 4 is 35.0 Å². The van der Waals surface area contributed by atoms with Crippen molar-refractivity contribution in [3.8, 4) is 0 Å². The van der Waals surface area contributed by atoms with Gasteiger partial charge in [-0.15, -0.1) is 0 Å². The standard InChI is InChI=1S/C17H15Cl2NO3/c18-13-5-1-11(2-6-13)10-20-15(17(22)23)9-16(21)12-3-7-14(19)8-4-12/h1-8,15,20H,9-10H2,(H,22,23). The van der Waals surface area contributed by atoms with E-state index in [-0.39, 0.29) is 12.2 Å². The minimum absolute atomic E-state index is 0.134. The highest BCUT2D eigenvalue weighted by atomic mass is 35.5. The van der Waals surface area contributed by atoms with E-state index in [0.717, 1.165) is 5.56 Å². The highest BCUT2D eigenvalue weighted by molar-refractivity contribution is 6.30. The molecule has 23 heavy (non-hydrogen) atoms. The highest BCUT2D eigenvalue weighted by Gasteiger charge is 2.21. The van der Waals surface area contributed by atoms with Crippen LogP contribution < -0.4 is 5.32 Å². The minimum Gasteiger partial charge on any atom is -0.480 e. The van der Waals surface area contributed by atoms with Crippen LogP contribution in [0.5, 0.6) is 0 Å². The van der Waals surface area contributed by atoms with Crippen molar-refractivity contribution in [3.05, 3.63) is 69.7 Å². The van der Waals surface area contributed by atoms with Crippen molar-refractivity contribution in [1.29, 1.82) is 0 Å². The normalized spacial score (nSPS) is 11.9. The summed E-state index contributed by atoms with van der Waals surface area (Å²) >= 11 is 11.6. The Bertz CT molecular complexity index is 684. The van der Waals surface area contributed by atoms with E-state index in [9.17, 15) is 14.7 Å². The fourth-order valence-corrected chi connectivity index (χ4v) is 2.28. The number of Topliss-reactive ketones (excluding diaryl/α,β-unsaturated/α-hetero) is 1. The number of ketones is 1. The second-order valence-corrected chi connectivity index (χ2v) is 5.91. The van der Waals surface area contributed by atoms with Gasteiger partial charge >= 0.3 is 5.97 Å². The Labute approximate surface area is 144 Å². The maximum atomic E-state index is 12.2. The van der Waals surface area contributed by atoms with Gasteiger partial charge in [-0.1, -0.05) is 35.3 Å². The first-order valence-corrected chi connectivity index (χ1v) is 7.70. The zero-order valence-electron chi connectivity index (χ0n) is 12.1. The summed E-state index contributed by atoms with van der Waals surface area (Å²) in [5.41, 5.74) is 1.33. The molecular weight excluding hydrogens is 337 g/mol. The molecule has 0 amide bonds. The fraction of sp³-hybridized carbons (Fsp3) is 0.176. The Morgan fingerprint density at radius 1 is 0.957 bits per heavy atom. The Kier molecular flexibility index (Phi) is 6.16. The van der Waals surface area contributed by atoms with Crippen LogP contribution in [0.3, 0.4) is 0 Å². The van der Waals surface area contributed by atoms with E-state index in [0.29, 0.717) is 22.2 Å². The van der Waals surface area contributed by atoms with E-state index < -0.39 is 12.0 Å². The van der Waals surface area contributed by atoms with Gasteiger partial charge in [0.05, 0.1) is 0 Å². The van der Waals surface area contributed by atoms with E-state index in [4.69, 9.17) is 23.2 Å². The Morgan fingerprint density at radius 2 is 1.48 bits per heavy atom. The first kappa shape index (κ1) is 17.5. The molecule has 0 saturated carbocycles. The van der Waals surface area contributed by atoms with Crippen LogP contribution in [0.25, 0.3) is 0 Å². The average molecular weight is 352 g/mol. The Hall–Kier alpha value is -1.88. The zero-order chi connectivity index (χ0) is 16.8. The number of hydrogen-bond acceptors (Lipinski definition) is 3. The highest BCUT2D eigenvalue weighted by Crippen LogP contribution is 2.13. The van der Waals surface area contributed by atoms with Gasteiger partial charge in [0.1, 0.15) is 6.04 Å². The van der Waals surface area contributed by atoms with Crippen LogP contribution in [-0.2, 0) is 11.3 Å². The molecule has 0 radical (unpaired) electrons. The Morgan fingerprint density at radius 3 is 2.00 bits per heavy atom. The molecule has 1 unspecified atom stereocenters. The lowest BCUT2D eigenvalue weighted by molar-refractivity contribution is -0.139. The number of carboxylic acids is 1. The number of benzene rings is 2. The molecule has 4 nitrogen and oxygen atoms in total. The molecule has 0 aromatic heterocycles. The molecule has 2 aromatic carbocycles. The van der Waals surface area contributed by atoms with Gasteiger partial charge in [0.25, 0.3) is 0 Å². The smallest absolute Gasteiger partial charge is 0.321 e. The molecule has 2 N–H and O–H groups in total. The van der Waals surface area contributed by atoms with Gasteiger partial charge in [0.15, 0.2) is 5.78 Å². The number of aliphatic carboxylic acids is 1. The number of hydrogen-bond donors (Lipinski definition) is 2. The van der Waals surface area contributed by atoms with Gasteiger partial charge in [-0.05, 0) is 42.0 Å². The number of rotatable bonds is 7. The maximum absolute atomic E-state index is 12.2. The molecule has 0 saturated heterocycles. The molecule has 2 aromatic rings. The summed E-state index contributed by atoms with van der Waals surface area (Å²) in [5, 5.41) is 13.3. The van der Waals surface area contributed by atoms with Gasteiger partial charge < -0.3 is 5.11 Å². The van der Waals surface area contributed by atoms with Crippen molar-refractivity contribution in [1.82, 2.24) is 5.32 Å².